The van der Waals surface area contributed by atoms with Crippen LogP contribution in [0.15, 0.2) is 4.52 Å². The zero-order valence-corrected chi connectivity index (χ0v) is 11.4. The van der Waals surface area contributed by atoms with Gasteiger partial charge in [0.25, 0.3) is 0 Å². The van der Waals surface area contributed by atoms with Gasteiger partial charge >= 0.3 is 0 Å². The van der Waals surface area contributed by atoms with Gasteiger partial charge in [0, 0.05) is 19.6 Å². The molecule has 0 bridgehead atoms. The van der Waals surface area contributed by atoms with E-state index in [2.05, 4.69) is 43.2 Å². The summed E-state index contributed by atoms with van der Waals surface area (Å²) in [5, 5.41) is 7.32. The quantitative estimate of drug-likeness (QED) is 0.822. The highest BCUT2D eigenvalue weighted by molar-refractivity contribution is 4.92. The van der Waals surface area contributed by atoms with Gasteiger partial charge in [-0.1, -0.05) is 32.9 Å². The summed E-state index contributed by atoms with van der Waals surface area (Å²) in [7, 11) is 1.62. The monoisotopic (exact) mass is 241 g/mol. The number of hydrogen-bond donors (Lipinski definition) is 1. The van der Waals surface area contributed by atoms with Crippen molar-refractivity contribution >= 4 is 0 Å². The predicted molar refractivity (Wildman–Crippen MR) is 65.6 cm³/mol. The molecule has 0 saturated carbocycles. The molecule has 0 aliphatic rings. The zero-order chi connectivity index (χ0) is 12.9. The Hall–Kier alpha value is -0.940. The Balaban J connectivity index is 2.65. The molecule has 0 aliphatic heterocycles. The molecule has 1 unspecified atom stereocenters. The molecule has 1 heterocycles. The molecule has 1 atom stereocenters. The van der Waals surface area contributed by atoms with Gasteiger partial charge in [0.15, 0.2) is 5.82 Å². The van der Waals surface area contributed by atoms with E-state index >= 15 is 0 Å². The molecule has 1 aromatic rings. The number of nitrogens with one attached hydrogen (secondary N) is 1. The van der Waals surface area contributed by atoms with E-state index in [1.807, 2.05) is 0 Å². The second-order valence-corrected chi connectivity index (χ2v) is 5.22. The van der Waals surface area contributed by atoms with Crippen LogP contribution < -0.4 is 5.32 Å². The molecular formula is C12H23N3O2. The summed E-state index contributed by atoms with van der Waals surface area (Å²) in [4.78, 5) is 4.29. The number of nitrogens with zero attached hydrogens (tertiary/aromatic N) is 2. The van der Waals surface area contributed by atoms with E-state index in [9.17, 15) is 0 Å². The van der Waals surface area contributed by atoms with Gasteiger partial charge < -0.3 is 14.6 Å². The lowest BCUT2D eigenvalue weighted by molar-refractivity contribution is 0.174. The van der Waals surface area contributed by atoms with E-state index in [-0.39, 0.29) is 5.41 Å². The van der Waals surface area contributed by atoms with Crippen LogP contribution in [-0.2, 0) is 17.8 Å². The topological polar surface area (TPSA) is 60.2 Å². The van der Waals surface area contributed by atoms with Crippen LogP contribution in [0.3, 0.4) is 0 Å². The molecule has 0 amide bonds. The summed E-state index contributed by atoms with van der Waals surface area (Å²) in [6.45, 7) is 10.0. The van der Waals surface area contributed by atoms with Crippen LogP contribution in [0.1, 0.15) is 39.4 Å². The molecular weight excluding hydrogens is 218 g/mol. The Morgan fingerprint density at radius 2 is 2.12 bits per heavy atom. The van der Waals surface area contributed by atoms with Gasteiger partial charge in [0.2, 0.25) is 5.89 Å². The van der Waals surface area contributed by atoms with Crippen molar-refractivity contribution in [2.45, 2.75) is 46.8 Å². The Morgan fingerprint density at radius 1 is 1.41 bits per heavy atom. The minimum Gasteiger partial charge on any atom is -0.377 e. The van der Waals surface area contributed by atoms with Crippen molar-refractivity contribution in [1.82, 2.24) is 15.5 Å². The SMILES string of the molecule is CCNC(Cc1nc(COC)no1)C(C)(C)C. The fraction of sp³-hybridized carbons (Fsp3) is 0.833. The van der Waals surface area contributed by atoms with E-state index in [1.54, 1.807) is 7.11 Å². The van der Waals surface area contributed by atoms with Crippen molar-refractivity contribution in [2.24, 2.45) is 5.41 Å². The van der Waals surface area contributed by atoms with Crippen LogP contribution in [0.4, 0.5) is 0 Å². The molecule has 0 spiro atoms. The lowest BCUT2D eigenvalue weighted by Gasteiger charge is -2.30. The Bertz CT molecular complexity index is 331. The first-order chi connectivity index (χ1) is 7.97. The summed E-state index contributed by atoms with van der Waals surface area (Å²) in [5.74, 6) is 1.27. The molecule has 5 heteroatoms. The maximum absolute atomic E-state index is 5.21. The second kappa shape index (κ2) is 6.12. The molecule has 1 rings (SSSR count). The predicted octanol–water partition coefficient (Wildman–Crippen LogP) is 1.78. The molecule has 1 N–H and O–H groups in total. The van der Waals surface area contributed by atoms with E-state index in [0.717, 1.165) is 13.0 Å². The third kappa shape index (κ3) is 4.44. The van der Waals surface area contributed by atoms with Gasteiger partial charge in [0.1, 0.15) is 6.61 Å². The summed E-state index contributed by atoms with van der Waals surface area (Å²) < 4.78 is 10.2. The van der Waals surface area contributed by atoms with Crippen molar-refractivity contribution in [3.8, 4) is 0 Å². The lowest BCUT2D eigenvalue weighted by Crippen LogP contribution is -2.41. The first-order valence-corrected chi connectivity index (χ1v) is 6.01. The smallest absolute Gasteiger partial charge is 0.228 e. The second-order valence-electron chi connectivity index (χ2n) is 5.22. The highest BCUT2D eigenvalue weighted by Gasteiger charge is 2.26. The summed E-state index contributed by atoms with van der Waals surface area (Å²) in [6, 6.07) is 0.323. The van der Waals surface area contributed by atoms with Gasteiger partial charge in [-0.15, -0.1) is 0 Å². The summed E-state index contributed by atoms with van der Waals surface area (Å²) in [6.07, 6.45) is 0.744. The zero-order valence-electron chi connectivity index (χ0n) is 11.4. The lowest BCUT2D eigenvalue weighted by atomic mass is 9.84. The Labute approximate surface area is 103 Å². The highest BCUT2D eigenvalue weighted by atomic mass is 16.5. The maximum atomic E-state index is 5.21. The average Bonchev–Trinajstić information content (AvgIpc) is 2.64. The molecule has 0 radical (unpaired) electrons. The van der Waals surface area contributed by atoms with Gasteiger partial charge in [0.05, 0.1) is 0 Å². The number of methoxy groups -OCH3 is 1. The van der Waals surface area contributed by atoms with Crippen LogP contribution in [0.25, 0.3) is 0 Å². The highest BCUT2D eigenvalue weighted by Crippen LogP contribution is 2.22. The fourth-order valence-corrected chi connectivity index (χ4v) is 1.67. The standard InChI is InChI=1S/C12H23N3O2/c1-6-13-9(12(2,3)4)7-11-14-10(8-16-5)15-17-11/h9,13H,6-8H2,1-5H3. The van der Waals surface area contributed by atoms with Gasteiger partial charge in [-0.25, -0.2) is 0 Å². The number of aromatic nitrogens is 2. The Morgan fingerprint density at radius 3 is 2.65 bits per heavy atom. The molecule has 0 fully saturated rings. The molecule has 1 aromatic heterocycles. The minimum atomic E-state index is 0.159. The van der Waals surface area contributed by atoms with Crippen LogP contribution in [0.5, 0.6) is 0 Å². The summed E-state index contributed by atoms with van der Waals surface area (Å²) >= 11 is 0. The first-order valence-electron chi connectivity index (χ1n) is 6.01. The van der Waals surface area contributed by atoms with Gasteiger partial charge in [-0.2, -0.15) is 4.98 Å². The largest absolute Gasteiger partial charge is 0.377 e. The molecule has 98 valence electrons. The maximum Gasteiger partial charge on any atom is 0.228 e. The van der Waals surface area contributed by atoms with Crippen LogP contribution in [0, 0.1) is 5.41 Å². The number of likely N-dealkylation sites (N-methyl/N-ethyl adjacent to an activating group) is 1. The first kappa shape index (κ1) is 14.1. The van der Waals surface area contributed by atoms with E-state index in [4.69, 9.17) is 9.26 Å². The normalized spacial score (nSPS) is 13.9. The van der Waals surface area contributed by atoms with E-state index in [0.29, 0.717) is 24.4 Å². The molecule has 0 aromatic carbocycles. The molecule has 0 saturated heterocycles. The van der Waals surface area contributed by atoms with Gasteiger partial charge in [-0.3, -0.25) is 0 Å². The van der Waals surface area contributed by atoms with E-state index < -0.39 is 0 Å². The minimum absolute atomic E-state index is 0.159. The molecule has 17 heavy (non-hydrogen) atoms. The van der Waals surface area contributed by atoms with Crippen LogP contribution in [0.2, 0.25) is 0 Å². The molecule has 5 nitrogen and oxygen atoms in total. The number of rotatable bonds is 6. The van der Waals surface area contributed by atoms with Crippen molar-refractivity contribution in [2.75, 3.05) is 13.7 Å². The third-order valence-corrected chi connectivity index (χ3v) is 2.66. The number of hydrogen-bond acceptors (Lipinski definition) is 5. The average molecular weight is 241 g/mol. The fourth-order valence-electron chi connectivity index (χ4n) is 1.67. The van der Waals surface area contributed by atoms with Crippen molar-refractivity contribution in [3.63, 3.8) is 0 Å². The van der Waals surface area contributed by atoms with E-state index in [1.165, 1.54) is 0 Å². The third-order valence-electron chi connectivity index (χ3n) is 2.66. The van der Waals surface area contributed by atoms with Gasteiger partial charge in [-0.05, 0) is 12.0 Å². The number of ether oxygens (including phenoxy) is 1. The Kier molecular flexibility index (Phi) is 5.08. The summed E-state index contributed by atoms with van der Waals surface area (Å²) in [5.41, 5.74) is 0.159. The van der Waals surface area contributed by atoms with Crippen molar-refractivity contribution in [3.05, 3.63) is 11.7 Å². The van der Waals surface area contributed by atoms with Crippen molar-refractivity contribution < 1.29 is 9.26 Å². The molecule has 0 aliphatic carbocycles. The van der Waals surface area contributed by atoms with Crippen molar-refractivity contribution in [1.29, 1.82) is 0 Å². The van der Waals surface area contributed by atoms with Crippen LogP contribution >= 0.6 is 0 Å². The van der Waals surface area contributed by atoms with Crippen LogP contribution in [-0.4, -0.2) is 29.8 Å².